The molecule has 0 fully saturated rings. The van der Waals surface area contributed by atoms with Gasteiger partial charge in [0.15, 0.2) is 0 Å². The molecule has 0 bridgehead atoms. The van der Waals surface area contributed by atoms with Gasteiger partial charge in [-0.1, -0.05) is 35.9 Å². The molecule has 0 aromatic heterocycles. The molecule has 0 saturated heterocycles. The van der Waals surface area contributed by atoms with Crippen LogP contribution in [0.5, 0.6) is 0 Å². The first kappa shape index (κ1) is 15.1. The fraction of sp³-hybridized carbons (Fsp3) is 0.278. The summed E-state index contributed by atoms with van der Waals surface area (Å²) in [6.45, 7) is 5.77. The number of rotatable bonds is 7. The van der Waals surface area contributed by atoms with Crippen LogP contribution in [0.25, 0.3) is 0 Å². The van der Waals surface area contributed by atoms with Gasteiger partial charge in [-0.15, -0.1) is 0 Å². The summed E-state index contributed by atoms with van der Waals surface area (Å²) in [6.07, 6.45) is 1.59. The highest BCUT2D eigenvalue weighted by molar-refractivity contribution is 5.47. The number of carbonyl (C=O) groups is 1. The number of benzene rings is 2. The smallest absolute Gasteiger partial charge is 0.207 e. The summed E-state index contributed by atoms with van der Waals surface area (Å²) in [5.74, 6) is 0. The molecule has 2 aromatic carbocycles. The van der Waals surface area contributed by atoms with Crippen LogP contribution in [0, 0.1) is 13.8 Å². The van der Waals surface area contributed by atoms with E-state index in [9.17, 15) is 4.79 Å². The molecule has 0 aliphatic heterocycles. The monoisotopic (exact) mass is 282 g/mol. The molecule has 0 aliphatic rings. The minimum atomic E-state index is 0.679. The molecule has 0 aliphatic carbocycles. The van der Waals surface area contributed by atoms with Crippen LogP contribution in [0.2, 0.25) is 0 Å². The summed E-state index contributed by atoms with van der Waals surface area (Å²) in [6, 6.07) is 14.9. The van der Waals surface area contributed by atoms with Crippen LogP contribution in [0.3, 0.4) is 0 Å². The summed E-state index contributed by atoms with van der Waals surface area (Å²) < 4.78 is 0. The van der Waals surface area contributed by atoms with Crippen molar-refractivity contribution in [1.29, 1.82) is 0 Å². The lowest BCUT2D eigenvalue weighted by atomic mass is 10.1. The van der Waals surface area contributed by atoms with Crippen molar-refractivity contribution in [3.63, 3.8) is 0 Å². The summed E-state index contributed by atoms with van der Waals surface area (Å²) in [4.78, 5) is 10.2. The van der Waals surface area contributed by atoms with Crippen molar-refractivity contribution < 1.29 is 4.79 Å². The van der Waals surface area contributed by atoms with Gasteiger partial charge in [0.05, 0.1) is 0 Å². The minimum absolute atomic E-state index is 0.679. The predicted molar refractivity (Wildman–Crippen MR) is 87.5 cm³/mol. The van der Waals surface area contributed by atoms with E-state index in [0.717, 1.165) is 25.1 Å². The minimum Gasteiger partial charge on any atom is -0.381 e. The van der Waals surface area contributed by atoms with Gasteiger partial charge in [-0.2, -0.15) is 0 Å². The van der Waals surface area contributed by atoms with Crippen molar-refractivity contribution >= 4 is 12.1 Å². The maximum absolute atomic E-state index is 10.2. The van der Waals surface area contributed by atoms with Gasteiger partial charge in [0.1, 0.15) is 0 Å². The van der Waals surface area contributed by atoms with Crippen LogP contribution in [0.15, 0.2) is 42.5 Å². The van der Waals surface area contributed by atoms with Gasteiger partial charge in [0.2, 0.25) is 6.41 Å². The third kappa shape index (κ3) is 4.63. The van der Waals surface area contributed by atoms with Gasteiger partial charge in [0, 0.05) is 18.8 Å². The molecular formula is C18H22N2O. The first-order valence-electron chi connectivity index (χ1n) is 7.25. The third-order valence-electron chi connectivity index (χ3n) is 3.58. The van der Waals surface area contributed by atoms with Gasteiger partial charge in [-0.25, -0.2) is 0 Å². The van der Waals surface area contributed by atoms with Crippen LogP contribution in [-0.2, 0) is 17.8 Å². The van der Waals surface area contributed by atoms with Gasteiger partial charge in [0.25, 0.3) is 0 Å². The standard InChI is InChI=1S/C18H22N2O/c1-14-3-4-15(2)17(11-14)12-20-18-7-5-16(6-8-18)9-10-19-13-21/h3-8,11,13,20H,9-10,12H2,1-2H3,(H,19,21). The molecule has 110 valence electrons. The maximum Gasteiger partial charge on any atom is 0.207 e. The Kier molecular flexibility index (Phi) is 5.38. The van der Waals surface area contributed by atoms with E-state index < -0.39 is 0 Å². The molecule has 0 unspecified atom stereocenters. The molecule has 2 rings (SSSR count). The first-order chi connectivity index (χ1) is 10.2. The zero-order chi connectivity index (χ0) is 15.1. The Hall–Kier alpha value is -2.29. The second-order valence-electron chi connectivity index (χ2n) is 5.30. The molecule has 21 heavy (non-hydrogen) atoms. The Bertz CT molecular complexity index is 591. The van der Waals surface area contributed by atoms with Gasteiger partial charge in [-0.3, -0.25) is 4.79 Å². The van der Waals surface area contributed by atoms with Crippen molar-refractivity contribution in [2.75, 3.05) is 11.9 Å². The topological polar surface area (TPSA) is 41.1 Å². The lowest BCUT2D eigenvalue weighted by Crippen LogP contribution is -2.14. The molecule has 0 heterocycles. The van der Waals surface area contributed by atoms with Crippen LogP contribution >= 0.6 is 0 Å². The first-order valence-corrected chi connectivity index (χ1v) is 7.25. The average molecular weight is 282 g/mol. The number of nitrogens with one attached hydrogen (secondary N) is 2. The molecule has 3 heteroatoms. The number of hydrogen-bond acceptors (Lipinski definition) is 2. The average Bonchev–Trinajstić information content (AvgIpc) is 2.50. The van der Waals surface area contributed by atoms with Crippen LogP contribution in [0.4, 0.5) is 5.69 Å². The number of anilines is 1. The number of hydrogen-bond donors (Lipinski definition) is 2. The zero-order valence-electron chi connectivity index (χ0n) is 12.6. The molecule has 1 amide bonds. The quantitative estimate of drug-likeness (QED) is 0.605. The van der Waals surface area contributed by atoms with E-state index in [1.165, 1.54) is 22.3 Å². The maximum atomic E-state index is 10.2. The lowest BCUT2D eigenvalue weighted by Gasteiger charge is -2.10. The molecule has 2 N–H and O–H groups in total. The van der Waals surface area contributed by atoms with E-state index in [1.54, 1.807) is 0 Å². The lowest BCUT2D eigenvalue weighted by molar-refractivity contribution is -0.109. The van der Waals surface area contributed by atoms with Crippen LogP contribution in [0.1, 0.15) is 22.3 Å². The summed E-state index contributed by atoms with van der Waals surface area (Å²) in [5, 5.41) is 6.12. The second-order valence-corrected chi connectivity index (χ2v) is 5.30. The van der Waals surface area contributed by atoms with Crippen LogP contribution < -0.4 is 10.6 Å². The molecule has 0 atom stereocenters. The van der Waals surface area contributed by atoms with E-state index >= 15 is 0 Å². The fourth-order valence-corrected chi connectivity index (χ4v) is 2.25. The fourth-order valence-electron chi connectivity index (χ4n) is 2.25. The van der Waals surface area contributed by atoms with Crippen molar-refractivity contribution in [2.45, 2.75) is 26.8 Å². The van der Waals surface area contributed by atoms with Crippen LogP contribution in [-0.4, -0.2) is 13.0 Å². The highest BCUT2D eigenvalue weighted by Gasteiger charge is 1.99. The predicted octanol–water partition coefficient (Wildman–Crippen LogP) is 3.20. The van der Waals surface area contributed by atoms with Gasteiger partial charge < -0.3 is 10.6 Å². The highest BCUT2D eigenvalue weighted by atomic mass is 16.1. The summed E-state index contributed by atoms with van der Waals surface area (Å²) >= 11 is 0. The largest absolute Gasteiger partial charge is 0.381 e. The molecule has 3 nitrogen and oxygen atoms in total. The summed E-state index contributed by atoms with van der Waals surface area (Å²) in [7, 11) is 0. The van der Waals surface area contributed by atoms with Crippen molar-refractivity contribution in [1.82, 2.24) is 5.32 Å². The molecule has 0 spiro atoms. The van der Waals surface area contributed by atoms with E-state index in [-0.39, 0.29) is 0 Å². The van der Waals surface area contributed by atoms with Crippen molar-refractivity contribution in [3.05, 3.63) is 64.7 Å². The van der Waals surface area contributed by atoms with E-state index in [4.69, 9.17) is 0 Å². The van der Waals surface area contributed by atoms with Crippen molar-refractivity contribution in [2.24, 2.45) is 0 Å². The van der Waals surface area contributed by atoms with E-state index in [1.807, 2.05) is 0 Å². The second kappa shape index (κ2) is 7.48. The SMILES string of the molecule is Cc1ccc(C)c(CNc2ccc(CCNC=O)cc2)c1. The Morgan fingerprint density at radius 1 is 1.05 bits per heavy atom. The third-order valence-corrected chi connectivity index (χ3v) is 3.58. The molecular weight excluding hydrogens is 260 g/mol. The van der Waals surface area contributed by atoms with E-state index in [2.05, 4.69) is 66.9 Å². The van der Waals surface area contributed by atoms with Gasteiger partial charge in [-0.05, 0) is 49.1 Å². The Morgan fingerprint density at radius 3 is 2.52 bits per heavy atom. The molecule has 0 saturated carbocycles. The Labute approximate surface area is 126 Å². The number of amides is 1. The number of carbonyl (C=O) groups excluding carboxylic acids is 1. The highest BCUT2D eigenvalue weighted by Crippen LogP contribution is 2.15. The number of aryl methyl sites for hydroxylation is 2. The summed E-state index contributed by atoms with van der Waals surface area (Å²) in [5.41, 5.74) is 6.26. The Balaban J connectivity index is 1.91. The van der Waals surface area contributed by atoms with E-state index in [0.29, 0.717) is 6.54 Å². The van der Waals surface area contributed by atoms with Crippen molar-refractivity contribution in [3.8, 4) is 0 Å². The zero-order valence-corrected chi connectivity index (χ0v) is 12.6. The Morgan fingerprint density at radius 2 is 1.81 bits per heavy atom. The normalized spacial score (nSPS) is 10.2. The molecule has 0 radical (unpaired) electrons. The molecule has 2 aromatic rings. The van der Waals surface area contributed by atoms with Gasteiger partial charge >= 0.3 is 0 Å².